The van der Waals surface area contributed by atoms with E-state index >= 15 is 0 Å². The van der Waals surface area contributed by atoms with Crippen LogP contribution >= 0.6 is 0 Å². The number of allylic oxidation sites excluding steroid dienone is 1. The second kappa shape index (κ2) is 10.8. The Morgan fingerprint density at radius 3 is 1.38 bits per heavy atom. The fourth-order valence-electron chi connectivity index (χ4n) is 0. The van der Waals surface area contributed by atoms with Gasteiger partial charge < -0.3 is 10.2 Å². The molecule has 0 aromatic carbocycles. The van der Waals surface area contributed by atoms with Crippen molar-refractivity contribution in [2.75, 3.05) is 0 Å². The van der Waals surface area contributed by atoms with E-state index in [0.717, 1.165) is 0 Å². The van der Waals surface area contributed by atoms with E-state index in [4.69, 9.17) is 28.0 Å². The van der Waals surface area contributed by atoms with Gasteiger partial charge in [-0.1, -0.05) is 6.08 Å². The first-order chi connectivity index (χ1) is 6.40. The molecule has 3 N–H and O–H groups in total. The molecule has 0 saturated carbocycles. The van der Waals surface area contributed by atoms with Crippen molar-refractivity contribution in [3.63, 3.8) is 0 Å². The summed E-state index contributed by atoms with van der Waals surface area (Å²) in [5.41, 5.74) is -5.53. The molecule has 0 atom stereocenters. The fourth-order valence-corrected chi connectivity index (χ4v) is 0. The SMILES string of the molecule is C=CC.O=C(O)O.O=S(=O)(O)C(F)(F)F.[LiH]. The van der Waals surface area contributed by atoms with Crippen LogP contribution in [0.15, 0.2) is 12.7 Å². The predicted octanol–water partition coefficient (Wildman–Crippen LogP) is 1.16. The van der Waals surface area contributed by atoms with Crippen molar-refractivity contribution in [3.8, 4) is 0 Å². The number of hydrogen-bond acceptors (Lipinski definition) is 3. The Balaban J connectivity index is -0.0000000767. The van der Waals surface area contributed by atoms with Gasteiger partial charge in [0.1, 0.15) is 0 Å². The molecule has 0 aliphatic rings. The molecule has 0 aromatic heterocycles. The summed E-state index contributed by atoms with van der Waals surface area (Å²) < 4.78 is 57.5. The van der Waals surface area contributed by atoms with Crippen LogP contribution in [0.4, 0.5) is 18.0 Å². The zero-order chi connectivity index (χ0) is 13.3. The van der Waals surface area contributed by atoms with Crippen LogP contribution in [0.1, 0.15) is 6.92 Å². The molecular formula is C5H10F3LiO6S. The van der Waals surface area contributed by atoms with Crippen molar-refractivity contribution >= 4 is 35.1 Å². The third-order valence-corrected chi connectivity index (χ3v) is 0.877. The Labute approximate surface area is 102 Å². The Kier molecular flexibility index (Phi) is 16.6. The van der Waals surface area contributed by atoms with Gasteiger partial charge in [0.2, 0.25) is 0 Å². The molecule has 0 aliphatic carbocycles. The third-order valence-electron chi connectivity index (χ3n) is 0.292. The van der Waals surface area contributed by atoms with Gasteiger partial charge in [-0.15, -0.1) is 6.58 Å². The molecule has 0 heterocycles. The molecular weight excluding hydrogens is 252 g/mol. The van der Waals surface area contributed by atoms with Gasteiger partial charge in [-0.3, -0.25) is 4.55 Å². The number of rotatable bonds is 0. The monoisotopic (exact) mass is 262 g/mol. The molecule has 94 valence electrons. The zero-order valence-electron chi connectivity index (χ0n) is 7.39. The van der Waals surface area contributed by atoms with Gasteiger partial charge in [-0.25, -0.2) is 4.79 Å². The van der Waals surface area contributed by atoms with Crippen molar-refractivity contribution < 1.29 is 41.1 Å². The maximum absolute atomic E-state index is 10.7. The van der Waals surface area contributed by atoms with Crippen molar-refractivity contribution in [1.82, 2.24) is 0 Å². The Morgan fingerprint density at radius 1 is 1.31 bits per heavy atom. The molecule has 11 heteroatoms. The van der Waals surface area contributed by atoms with E-state index in [1.807, 2.05) is 6.92 Å². The van der Waals surface area contributed by atoms with Gasteiger partial charge in [0.05, 0.1) is 0 Å². The van der Waals surface area contributed by atoms with Crippen LogP contribution in [-0.2, 0) is 10.1 Å². The van der Waals surface area contributed by atoms with Crippen LogP contribution in [-0.4, -0.2) is 53.7 Å². The molecule has 0 bridgehead atoms. The van der Waals surface area contributed by atoms with E-state index in [9.17, 15) is 13.2 Å². The van der Waals surface area contributed by atoms with E-state index in [1.165, 1.54) is 0 Å². The first kappa shape index (κ1) is 24.5. The van der Waals surface area contributed by atoms with Crippen LogP contribution in [0.2, 0.25) is 0 Å². The minimum atomic E-state index is -5.84. The van der Waals surface area contributed by atoms with Crippen LogP contribution in [0.25, 0.3) is 0 Å². The molecule has 0 radical (unpaired) electrons. The molecule has 0 aliphatic heterocycles. The topological polar surface area (TPSA) is 112 Å². The molecule has 0 spiro atoms. The van der Waals surface area contributed by atoms with E-state index in [1.54, 1.807) is 6.08 Å². The second-order valence-corrected chi connectivity index (χ2v) is 3.02. The van der Waals surface area contributed by atoms with Gasteiger partial charge in [-0.05, 0) is 6.92 Å². The Morgan fingerprint density at radius 2 is 1.38 bits per heavy atom. The van der Waals surface area contributed by atoms with E-state index in [0.29, 0.717) is 0 Å². The summed E-state index contributed by atoms with van der Waals surface area (Å²) in [6, 6.07) is 0. The van der Waals surface area contributed by atoms with Gasteiger partial charge in [0.15, 0.2) is 0 Å². The van der Waals surface area contributed by atoms with Gasteiger partial charge in [-0.2, -0.15) is 21.6 Å². The maximum atomic E-state index is 10.7. The molecule has 0 fully saturated rings. The van der Waals surface area contributed by atoms with E-state index in [2.05, 4.69) is 6.58 Å². The summed E-state index contributed by atoms with van der Waals surface area (Å²) in [5, 5.41) is 13.9. The summed E-state index contributed by atoms with van der Waals surface area (Å²) in [6.45, 7) is 5.25. The van der Waals surface area contributed by atoms with Gasteiger partial charge >= 0.3 is 40.6 Å². The average Bonchev–Trinajstić information content (AvgIpc) is 1.81. The molecule has 6 nitrogen and oxygen atoms in total. The van der Waals surface area contributed by atoms with Crippen LogP contribution < -0.4 is 0 Å². The molecule has 16 heavy (non-hydrogen) atoms. The first-order valence-corrected chi connectivity index (χ1v) is 4.36. The summed E-state index contributed by atoms with van der Waals surface area (Å²) in [5.74, 6) is 0. The summed E-state index contributed by atoms with van der Waals surface area (Å²) in [4.78, 5) is 8.56. The van der Waals surface area contributed by atoms with Gasteiger partial charge in [0.25, 0.3) is 0 Å². The van der Waals surface area contributed by atoms with Crippen LogP contribution in [0.5, 0.6) is 0 Å². The molecule has 0 unspecified atom stereocenters. The van der Waals surface area contributed by atoms with Crippen LogP contribution in [0, 0.1) is 0 Å². The van der Waals surface area contributed by atoms with Crippen LogP contribution in [0.3, 0.4) is 0 Å². The number of halogens is 3. The summed E-state index contributed by atoms with van der Waals surface area (Å²) >= 11 is 0. The quantitative estimate of drug-likeness (QED) is 0.261. The van der Waals surface area contributed by atoms with E-state index in [-0.39, 0.29) is 18.9 Å². The molecule has 0 rings (SSSR count). The Hall–Kier alpha value is -0.693. The van der Waals surface area contributed by atoms with Crippen molar-refractivity contribution in [2.24, 2.45) is 0 Å². The van der Waals surface area contributed by atoms with Crippen molar-refractivity contribution in [3.05, 3.63) is 12.7 Å². The normalized spacial score (nSPS) is 9.31. The second-order valence-electron chi connectivity index (χ2n) is 1.61. The average molecular weight is 262 g/mol. The minimum absolute atomic E-state index is 0. The first-order valence-electron chi connectivity index (χ1n) is 2.92. The van der Waals surface area contributed by atoms with E-state index < -0.39 is 21.8 Å². The molecule has 0 aromatic rings. The van der Waals surface area contributed by atoms with Crippen molar-refractivity contribution in [2.45, 2.75) is 12.4 Å². The Bertz CT molecular complexity index is 281. The number of hydrogen-bond donors (Lipinski definition) is 3. The fraction of sp³-hybridized carbons (Fsp3) is 0.400. The molecule has 0 amide bonds. The number of alkyl halides is 3. The van der Waals surface area contributed by atoms with Crippen molar-refractivity contribution in [1.29, 1.82) is 0 Å². The summed E-state index contributed by atoms with van der Waals surface area (Å²) in [7, 11) is -5.84. The zero-order valence-corrected chi connectivity index (χ0v) is 8.21. The summed E-state index contributed by atoms with van der Waals surface area (Å²) in [6.07, 6.45) is -0.0833. The predicted molar refractivity (Wildman–Crippen MR) is 51.3 cm³/mol. The molecule has 0 saturated heterocycles. The number of carbonyl (C=O) groups is 1. The standard InChI is InChI=1S/C3H6.CHF3O3S.CH2O3.Li.H/c1-3-2;2-1(3,4)8(5,6)7;2-1(3)4;;/h3H,1H2,2H3;(H,5,6,7);(H2,2,3,4);;. The third kappa shape index (κ3) is 29.2. The van der Waals surface area contributed by atoms with Gasteiger partial charge in [0, 0.05) is 0 Å². The number of carboxylic acid groups (broad SMARTS) is 2.